The topological polar surface area (TPSA) is 46.5 Å². The van der Waals surface area contributed by atoms with Crippen molar-refractivity contribution in [1.29, 1.82) is 0 Å². The molecule has 0 rings (SSSR count). The van der Waals surface area contributed by atoms with Crippen LogP contribution in [0.25, 0.3) is 0 Å². The Kier molecular flexibility index (Phi) is 10.3. The van der Waals surface area contributed by atoms with Gasteiger partial charge < -0.3 is 9.42 Å². The molecule has 0 amide bonds. The van der Waals surface area contributed by atoms with E-state index in [1.54, 1.807) is 6.92 Å². The molecule has 0 spiro atoms. The summed E-state index contributed by atoms with van der Waals surface area (Å²) >= 11 is 0. The van der Waals surface area contributed by atoms with Gasteiger partial charge in [-0.05, 0) is 6.92 Å². The molecule has 0 aliphatic carbocycles. The van der Waals surface area contributed by atoms with Crippen LogP contribution in [-0.4, -0.2) is 30.4 Å². The molecule has 0 aromatic heterocycles. The average molecular weight is 118 g/mol. The first kappa shape index (κ1) is 10.7. The van der Waals surface area contributed by atoms with E-state index in [0.717, 1.165) is 0 Å². The summed E-state index contributed by atoms with van der Waals surface area (Å²) in [6.45, 7) is 1.98. The van der Waals surface area contributed by atoms with E-state index in [1.807, 2.05) is 0 Å². The van der Waals surface area contributed by atoms with E-state index in [4.69, 9.17) is 4.89 Å². The standard InChI is InChI=1S/C2H7O3P.Li.H/c1-2-5-6(3)4;;/h6H,2H2,1H3,(H,3,4);;. The zero-order valence-corrected chi connectivity index (χ0v) is 4.47. The quantitative estimate of drug-likeness (QED) is 0.402. The number of hydrogen-bond acceptors (Lipinski definition) is 2. The van der Waals surface area contributed by atoms with E-state index >= 15 is 0 Å². The first-order valence-corrected chi connectivity index (χ1v) is 2.89. The fourth-order valence-corrected chi connectivity index (χ4v) is 0.370. The van der Waals surface area contributed by atoms with E-state index in [-0.39, 0.29) is 18.9 Å². The Morgan fingerprint density at radius 3 is 2.29 bits per heavy atom. The fourth-order valence-electron chi connectivity index (χ4n) is 0.123. The molecule has 0 heterocycles. The Hall–Kier alpha value is 0.747. The third-order valence-corrected chi connectivity index (χ3v) is 0.803. The van der Waals surface area contributed by atoms with Crippen LogP contribution >= 0.6 is 8.25 Å². The second kappa shape index (κ2) is 6.75. The summed E-state index contributed by atoms with van der Waals surface area (Å²) in [5, 5.41) is 0. The van der Waals surface area contributed by atoms with Crippen LogP contribution in [0.1, 0.15) is 6.92 Å². The van der Waals surface area contributed by atoms with Gasteiger partial charge in [-0.1, -0.05) is 0 Å². The molecule has 0 aliphatic heterocycles. The van der Waals surface area contributed by atoms with Crippen molar-refractivity contribution in [1.82, 2.24) is 0 Å². The van der Waals surface area contributed by atoms with E-state index in [9.17, 15) is 4.57 Å². The van der Waals surface area contributed by atoms with Crippen LogP contribution in [0, 0.1) is 0 Å². The molecule has 0 aromatic carbocycles. The van der Waals surface area contributed by atoms with Crippen LogP contribution < -0.4 is 0 Å². The van der Waals surface area contributed by atoms with Gasteiger partial charge in [-0.2, -0.15) is 0 Å². The molecule has 1 unspecified atom stereocenters. The molecule has 40 valence electrons. The summed E-state index contributed by atoms with van der Waals surface area (Å²) in [4.78, 5) is 7.88. The van der Waals surface area contributed by atoms with Crippen molar-refractivity contribution >= 4 is 27.1 Å². The summed E-state index contributed by atoms with van der Waals surface area (Å²) < 4.78 is 13.7. The van der Waals surface area contributed by atoms with Gasteiger partial charge in [-0.3, -0.25) is 4.57 Å². The SMILES string of the molecule is CCO[PH](=O)O.[LiH]. The molecule has 0 aromatic rings. The monoisotopic (exact) mass is 118 g/mol. The van der Waals surface area contributed by atoms with Crippen LogP contribution in [0.2, 0.25) is 0 Å². The van der Waals surface area contributed by atoms with Crippen LogP contribution in [0.15, 0.2) is 0 Å². The second-order valence-corrected chi connectivity index (χ2v) is 1.52. The van der Waals surface area contributed by atoms with Gasteiger partial charge in [0.05, 0.1) is 6.61 Å². The van der Waals surface area contributed by atoms with Gasteiger partial charge in [0.15, 0.2) is 0 Å². The molecular weight excluding hydrogens is 110 g/mol. The Labute approximate surface area is 55.2 Å². The van der Waals surface area contributed by atoms with Crippen molar-refractivity contribution < 1.29 is 14.0 Å². The Balaban J connectivity index is 0. The van der Waals surface area contributed by atoms with Crippen molar-refractivity contribution in [3.05, 3.63) is 0 Å². The normalized spacial score (nSPS) is 12.3. The first-order valence-electron chi connectivity index (χ1n) is 1.63. The molecule has 0 saturated carbocycles. The third kappa shape index (κ3) is 10.8. The second-order valence-electron chi connectivity index (χ2n) is 0.699. The van der Waals surface area contributed by atoms with Crippen LogP contribution in [0.4, 0.5) is 0 Å². The first-order chi connectivity index (χ1) is 2.77. The van der Waals surface area contributed by atoms with Crippen molar-refractivity contribution in [2.75, 3.05) is 6.61 Å². The summed E-state index contributed by atoms with van der Waals surface area (Å²) in [6.07, 6.45) is 0. The Morgan fingerprint density at radius 1 is 1.86 bits per heavy atom. The zero-order chi connectivity index (χ0) is 4.99. The average Bonchev–Trinajstić information content (AvgIpc) is 1.35. The summed E-state index contributed by atoms with van der Waals surface area (Å²) in [5.74, 6) is 0. The zero-order valence-electron chi connectivity index (χ0n) is 3.47. The van der Waals surface area contributed by atoms with Crippen molar-refractivity contribution in [3.63, 3.8) is 0 Å². The summed E-state index contributed by atoms with van der Waals surface area (Å²) in [6, 6.07) is 0. The molecule has 0 radical (unpaired) electrons. The predicted molar refractivity (Wildman–Crippen MR) is 30.0 cm³/mol. The molecule has 0 aliphatic rings. The molecule has 0 fully saturated rings. The van der Waals surface area contributed by atoms with E-state index in [1.165, 1.54) is 0 Å². The van der Waals surface area contributed by atoms with Crippen LogP contribution in [0.5, 0.6) is 0 Å². The predicted octanol–water partition coefficient (Wildman–Crippen LogP) is -0.244. The van der Waals surface area contributed by atoms with E-state index < -0.39 is 8.25 Å². The molecule has 5 heteroatoms. The molecule has 0 bridgehead atoms. The Bertz CT molecular complexity index is 56.9. The molecular formula is C2H8LiO3P. The minimum atomic E-state index is -2.64. The van der Waals surface area contributed by atoms with Gasteiger partial charge in [-0.15, -0.1) is 0 Å². The summed E-state index contributed by atoms with van der Waals surface area (Å²) in [5.41, 5.74) is 0. The van der Waals surface area contributed by atoms with Crippen molar-refractivity contribution in [2.45, 2.75) is 6.92 Å². The van der Waals surface area contributed by atoms with Crippen LogP contribution in [-0.2, 0) is 9.09 Å². The minimum absolute atomic E-state index is 0. The third-order valence-electron chi connectivity index (χ3n) is 0.268. The summed E-state index contributed by atoms with van der Waals surface area (Å²) in [7, 11) is -2.64. The Morgan fingerprint density at radius 2 is 2.29 bits per heavy atom. The maximum atomic E-state index is 9.56. The van der Waals surface area contributed by atoms with Gasteiger partial charge in [0.2, 0.25) is 0 Å². The van der Waals surface area contributed by atoms with Gasteiger partial charge >= 0.3 is 27.1 Å². The van der Waals surface area contributed by atoms with E-state index in [0.29, 0.717) is 6.61 Å². The molecule has 0 saturated heterocycles. The molecule has 1 N–H and O–H groups in total. The fraction of sp³-hybridized carbons (Fsp3) is 1.00. The van der Waals surface area contributed by atoms with Gasteiger partial charge in [0.1, 0.15) is 0 Å². The molecule has 7 heavy (non-hydrogen) atoms. The van der Waals surface area contributed by atoms with E-state index in [2.05, 4.69) is 4.52 Å². The van der Waals surface area contributed by atoms with Gasteiger partial charge in [-0.25, -0.2) is 0 Å². The van der Waals surface area contributed by atoms with Crippen molar-refractivity contribution in [3.8, 4) is 0 Å². The van der Waals surface area contributed by atoms with Gasteiger partial charge in [0.25, 0.3) is 0 Å². The number of rotatable bonds is 2. The number of hydrogen-bond donors (Lipinski definition) is 1. The van der Waals surface area contributed by atoms with Crippen molar-refractivity contribution in [2.24, 2.45) is 0 Å². The molecule has 3 nitrogen and oxygen atoms in total. The van der Waals surface area contributed by atoms with Crippen LogP contribution in [0.3, 0.4) is 0 Å². The maximum absolute atomic E-state index is 9.56. The van der Waals surface area contributed by atoms with Gasteiger partial charge in [0, 0.05) is 0 Å². The molecule has 1 atom stereocenters.